The molecule has 84 valence electrons. The Morgan fingerprint density at radius 2 is 1.94 bits per heavy atom. The highest BCUT2D eigenvalue weighted by molar-refractivity contribution is 5.34. The first-order chi connectivity index (χ1) is 7.79. The summed E-state index contributed by atoms with van der Waals surface area (Å²) in [4.78, 5) is 0. The zero-order valence-electron chi connectivity index (χ0n) is 10.3. The van der Waals surface area contributed by atoms with E-state index in [0.717, 1.165) is 6.42 Å². The van der Waals surface area contributed by atoms with Gasteiger partial charge in [-0.15, -0.1) is 11.8 Å². The molecule has 1 aromatic carbocycles. The van der Waals surface area contributed by atoms with Crippen LogP contribution in [-0.2, 0) is 19.3 Å². The summed E-state index contributed by atoms with van der Waals surface area (Å²) < 4.78 is 0. The highest BCUT2D eigenvalue weighted by Crippen LogP contribution is 2.23. The number of hydrogen-bond donors (Lipinski definition) is 0. The third kappa shape index (κ3) is 2.67. The first-order valence-electron chi connectivity index (χ1n) is 6.32. The lowest BCUT2D eigenvalue weighted by molar-refractivity contribution is 0.680. The number of fused-ring (bicyclic) bond motifs is 1. The van der Waals surface area contributed by atoms with Gasteiger partial charge in [-0.25, -0.2) is 0 Å². The molecule has 0 spiro atoms. The topological polar surface area (TPSA) is 0 Å². The first kappa shape index (κ1) is 11.3. The number of hydrogen-bond acceptors (Lipinski definition) is 0. The van der Waals surface area contributed by atoms with Crippen molar-refractivity contribution < 1.29 is 0 Å². The van der Waals surface area contributed by atoms with Gasteiger partial charge in [-0.05, 0) is 55.7 Å². The van der Waals surface area contributed by atoms with Gasteiger partial charge in [-0.2, -0.15) is 0 Å². The van der Waals surface area contributed by atoms with Crippen LogP contribution in [0.5, 0.6) is 0 Å². The van der Waals surface area contributed by atoms with E-state index in [1.54, 1.807) is 11.1 Å². The Balaban J connectivity index is 2.13. The maximum Gasteiger partial charge on any atom is 0.0214 e. The van der Waals surface area contributed by atoms with Gasteiger partial charge in [-0.1, -0.05) is 25.1 Å². The molecule has 0 fully saturated rings. The van der Waals surface area contributed by atoms with Gasteiger partial charge >= 0.3 is 0 Å². The van der Waals surface area contributed by atoms with Gasteiger partial charge < -0.3 is 0 Å². The smallest absolute Gasteiger partial charge is 0.0214 e. The van der Waals surface area contributed by atoms with Crippen LogP contribution in [0.4, 0.5) is 0 Å². The normalized spacial score (nSPS) is 15.9. The van der Waals surface area contributed by atoms with E-state index in [0.29, 0.717) is 5.92 Å². The molecule has 16 heavy (non-hydrogen) atoms. The monoisotopic (exact) mass is 212 g/mol. The molecule has 1 aliphatic carbocycles. The second-order valence-corrected chi connectivity index (χ2v) is 4.81. The summed E-state index contributed by atoms with van der Waals surface area (Å²) in [5.41, 5.74) is 4.61. The van der Waals surface area contributed by atoms with Crippen LogP contribution in [0.3, 0.4) is 0 Å². The zero-order chi connectivity index (χ0) is 11.4. The van der Waals surface area contributed by atoms with Crippen molar-refractivity contribution >= 4 is 0 Å². The summed E-state index contributed by atoms with van der Waals surface area (Å²) in [6, 6.07) is 7.02. The number of rotatable bonds is 2. The van der Waals surface area contributed by atoms with E-state index in [1.807, 2.05) is 6.92 Å². The van der Waals surface area contributed by atoms with Crippen molar-refractivity contribution in [2.24, 2.45) is 5.92 Å². The summed E-state index contributed by atoms with van der Waals surface area (Å²) in [5, 5.41) is 0. The molecule has 1 unspecified atom stereocenters. The Hall–Kier alpha value is -1.22. The molecule has 0 heteroatoms. The molecule has 0 saturated heterocycles. The highest BCUT2D eigenvalue weighted by Gasteiger charge is 2.10. The van der Waals surface area contributed by atoms with E-state index >= 15 is 0 Å². The van der Waals surface area contributed by atoms with Gasteiger partial charge in [0.15, 0.2) is 0 Å². The largest absolute Gasteiger partial charge is 0.106 e. The Kier molecular flexibility index (Phi) is 3.67. The summed E-state index contributed by atoms with van der Waals surface area (Å²) in [6.45, 7) is 4.12. The Morgan fingerprint density at radius 1 is 1.19 bits per heavy atom. The minimum atomic E-state index is 0.478. The molecule has 0 N–H and O–H groups in total. The number of benzene rings is 1. The fourth-order valence-electron chi connectivity index (χ4n) is 2.56. The molecule has 2 rings (SSSR count). The highest BCUT2D eigenvalue weighted by atomic mass is 14.1. The molecule has 1 aliphatic rings. The molecule has 0 bridgehead atoms. The molecule has 0 saturated carbocycles. The van der Waals surface area contributed by atoms with Gasteiger partial charge in [0.2, 0.25) is 0 Å². The van der Waals surface area contributed by atoms with Crippen LogP contribution in [0.1, 0.15) is 43.4 Å². The third-order valence-electron chi connectivity index (χ3n) is 3.35. The third-order valence-corrected chi connectivity index (χ3v) is 3.35. The van der Waals surface area contributed by atoms with Crippen molar-refractivity contribution in [2.75, 3.05) is 0 Å². The number of aryl methyl sites for hydroxylation is 2. The standard InChI is InChI=1S/C16H20/c1-3-6-13(2)11-14-9-10-15-7-4-5-8-16(15)12-14/h9-10,12-13H,4-5,7-8,11H2,1-2H3. The molecule has 0 radical (unpaired) electrons. The lowest BCUT2D eigenvalue weighted by Gasteiger charge is -2.17. The lowest BCUT2D eigenvalue weighted by Crippen LogP contribution is -2.04. The Morgan fingerprint density at radius 3 is 2.69 bits per heavy atom. The fourth-order valence-corrected chi connectivity index (χ4v) is 2.56. The van der Waals surface area contributed by atoms with Crippen molar-refractivity contribution in [3.05, 3.63) is 34.9 Å². The maximum atomic E-state index is 3.22. The van der Waals surface area contributed by atoms with Crippen LogP contribution in [0, 0.1) is 17.8 Å². The minimum absolute atomic E-state index is 0.478. The predicted octanol–water partition coefficient (Wildman–Crippen LogP) is 3.77. The first-order valence-corrected chi connectivity index (χ1v) is 6.32. The SMILES string of the molecule is CC#CC(C)Cc1ccc2c(c1)CCCC2. The van der Waals surface area contributed by atoms with E-state index in [-0.39, 0.29) is 0 Å². The molecule has 0 aliphatic heterocycles. The minimum Gasteiger partial charge on any atom is -0.106 e. The van der Waals surface area contributed by atoms with Gasteiger partial charge in [0.25, 0.3) is 0 Å². The van der Waals surface area contributed by atoms with Crippen molar-refractivity contribution in [3.8, 4) is 11.8 Å². The molecular weight excluding hydrogens is 192 g/mol. The van der Waals surface area contributed by atoms with Gasteiger partial charge in [0.1, 0.15) is 0 Å². The maximum absolute atomic E-state index is 3.22. The van der Waals surface area contributed by atoms with Crippen LogP contribution >= 0.6 is 0 Å². The van der Waals surface area contributed by atoms with Gasteiger partial charge in [0.05, 0.1) is 0 Å². The zero-order valence-corrected chi connectivity index (χ0v) is 10.3. The summed E-state index contributed by atoms with van der Waals surface area (Å²) in [5.74, 6) is 6.70. The average Bonchev–Trinajstić information content (AvgIpc) is 2.29. The molecular formula is C16H20. The summed E-state index contributed by atoms with van der Waals surface area (Å²) in [6.07, 6.45) is 6.37. The van der Waals surface area contributed by atoms with Crippen molar-refractivity contribution in [1.29, 1.82) is 0 Å². The van der Waals surface area contributed by atoms with Crippen LogP contribution in [-0.4, -0.2) is 0 Å². The summed E-state index contributed by atoms with van der Waals surface area (Å²) in [7, 11) is 0. The van der Waals surface area contributed by atoms with E-state index in [4.69, 9.17) is 0 Å². The van der Waals surface area contributed by atoms with Gasteiger partial charge in [-0.3, -0.25) is 0 Å². The Labute approximate surface area is 99.1 Å². The second kappa shape index (κ2) is 5.21. The van der Waals surface area contributed by atoms with Crippen LogP contribution in [0.15, 0.2) is 18.2 Å². The van der Waals surface area contributed by atoms with Crippen molar-refractivity contribution in [3.63, 3.8) is 0 Å². The average molecular weight is 212 g/mol. The molecule has 0 nitrogen and oxygen atoms in total. The van der Waals surface area contributed by atoms with Crippen LogP contribution in [0.25, 0.3) is 0 Å². The fraction of sp³-hybridized carbons (Fsp3) is 0.500. The quantitative estimate of drug-likeness (QED) is 0.655. The molecule has 0 heterocycles. The second-order valence-electron chi connectivity index (χ2n) is 4.81. The van der Waals surface area contributed by atoms with E-state index in [2.05, 4.69) is 37.0 Å². The van der Waals surface area contributed by atoms with E-state index < -0.39 is 0 Å². The van der Waals surface area contributed by atoms with Crippen LogP contribution < -0.4 is 0 Å². The van der Waals surface area contributed by atoms with E-state index in [1.165, 1.54) is 31.2 Å². The van der Waals surface area contributed by atoms with Crippen molar-refractivity contribution in [2.45, 2.75) is 46.0 Å². The van der Waals surface area contributed by atoms with Gasteiger partial charge in [0, 0.05) is 5.92 Å². The molecule has 1 atom stereocenters. The lowest BCUT2D eigenvalue weighted by atomic mass is 9.89. The predicted molar refractivity (Wildman–Crippen MR) is 69.4 cm³/mol. The summed E-state index contributed by atoms with van der Waals surface area (Å²) >= 11 is 0. The molecule has 1 aromatic rings. The Bertz CT molecular complexity index is 417. The molecule has 0 amide bonds. The van der Waals surface area contributed by atoms with E-state index in [9.17, 15) is 0 Å². The van der Waals surface area contributed by atoms with Crippen LogP contribution in [0.2, 0.25) is 0 Å². The van der Waals surface area contributed by atoms with Crippen molar-refractivity contribution in [1.82, 2.24) is 0 Å². The molecule has 0 aromatic heterocycles.